The Bertz CT molecular complexity index is 909. The Morgan fingerprint density at radius 1 is 1.22 bits per heavy atom. The highest BCUT2D eigenvalue weighted by Crippen LogP contribution is 2.21. The third-order valence-corrected chi connectivity index (χ3v) is 4.41. The minimum Gasteiger partial charge on any atom is -0.486 e. The largest absolute Gasteiger partial charge is 0.486 e. The first-order valence-corrected chi connectivity index (χ1v) is 9.13. The van der Waals surface area contributed by atoms with Gasteiger partial charge in [-0.05, 0) is 42.3 Å². The van der Waals surface area contributed by atoms with Crippen molar-refractivity contribution in [2.45, 2.75) is 19.4 Å². The van der Waals surface area contributed by atoms with Gasteiger partial charge in [-0.15, -0.1) is 10.2 Å². The first kappa shape index (κ1) is 18.5. The van der Waals surface area contributed by atoms with Crippen LogP contribution in [0.3, 0.4) is 0 Å². The van der Waals surface area contributed by atoms with E-state index in [9.17, 15) is 4.79 Å². The summed E-state index contributed by atoms with van der Waals surface area (Å²) in [7, 11) is 0. The molecule has 1 aromatic heterocycles. The lowest BCUT2D eigenvalue weighted by Crippen LogP contribution is -2.19. The SMILES string of the molecule is CC(Oc1ccc(C=NNC(=O)Cc2nnc(N)s2)cc1)c1ccccc1. The van der Waals surface area contributed by atoms with Gasteiger partial charge < -0.3 is 10.5 Å². The molecule has 8 heteroatoms. The van der Waals surface area contributed by atoms with Crippen molar-refractivity contribution < 1.29 is 9.53 Å². The molecule has 27 heavy (non-hydrogen) atoms. The maximum absolute atomic E-state index is 11.8. The van der Waals surface area contributed by atoms with Gasteiger partial charge in [-0.1, -0.05) is 41.7 Å². The number of hydrogen-bond acceptors (Lipinski definition) is 7. The van der Waals surface area contributed by atoms with Crippen LogP contribution in [0.5, 0.6) is 5.75 Å². The number of hydrazone groups is 1. The second-order valence-corrected chi connectivity index (χ2v) is 6.84. The Morgan fingerprint density at radius 2 is 1.96 bits per heavy atom. The van der Waals surface area contributed by atoms with Crippen molar-refractivity contribution in [1.82, 2.24) is 15.6 Å². The number of aromatic nitrogens is 2. The van der Waals surface area contributed by atoms with Gasteiger partial charge in [0.15, 0.2) is 0 Å². The zero-order chi connectivity index (χ0) is 19.1. The van der Waals surface area contributed by atoms with Gasteiger partial charge in [0.25, 0.3) is 0 Å². The van der Waals surface area contributed by atoms with Gasteiger partial charge in [-0.3, -0.25) is 4.79 Å². The molecule has 3 N–H and O–H groups in total. The van der Waals surface area contributed by atoms with E-state index in [1.165, 1.54) is 11.3 Å². The molecule has 3 aromatic rings. The molecule has 1 unspecified atom stereocenters. The second-order valence-electron chi connectivity index (χ2n) is 5.74. The van der Waals surface area contributed by atoms with Crippen LogP contribution in [-0.2, 0) is 11.2 Å². The molecule has 1 atom stereocenters. The van der Waals surface area contributed by atoms with E-state index in [0.29, 0.717) is 10.1 Å². The number of nitrogen functional groups attached to an aromatic ring is 1. The Kier molecular flexibility index (Phi) is 6.11. The Balaban J connectivity index is 1.49. The fraction of sp³-hybridized carbons (Fsp3) is 0.158. The molecule has 0 aliphatic heterocycles. The lowest BCUT2D eigenvalue weighted by atomic mass is 10.1. The molecule has 0 radical (unpaired) electrons. The number of ether oxygens (including phenoxy) is 1. The third-order valence-electron chi connectivity index (χ3n) is 3.66. The van der Waals surface area contributed by atoms with Crippen molar-refractivity contribution in [2.24, 2.45) is 5.10 Å². The number of rotatable bonds is 7. The van der Waals surface area contributed by atoms with Crippen LogP contribution < -0.4 is 15.9 Å². The van der Waals surface area contributed by atoms with Crippen LogP contribution in [0, 0.1) is 0 Å². The summed E-state index contributed by atoms with van der Waals surface area (Å²) < 4.78 is 5.93. The molecule has 1 heterocycles. The van der Waals surface area contributed by atoms with Crippen molar-refractivity contribution in [2.75, 3.05) is 5.73 Å². The first-order chi connectivity index (χ1) is 13.1. The quantitative estimate of drug-likeness (QED) is 0.484. The molecule has 7 nitrogen and oxygen atoms in total. The summed E-state index contributed by atoms with van der Waals surface area (Å²) in [4.78, 5) is 11.8. The molecular formula is C19H19N5O2S. The van der Waals surface area contributed by atoms with Crippen LogP contribution in [0.4, 0.5) is 5.13 Å². The summed E-state index contributed by atoms with van der Waals surface area (Å²) in [5.74, 6) is 0.487. The van der Waals surface area contributed by atoms with E-state index < -0.39 is 0 Å². The lowest BCUT2D eigenvalue weighted by molar-refractivity contribution is -0.120. The molecule has 0 saturated heterocycles. The zero-order valence-corrected chi connectivity index (χ0v) is 15.5. The number of nitrogens with one attached hydrogen (secondary N) is 1. The van der Waals surface area contributed by atoms with E-state index >= 15 is 0 Å². The Labute approximate surface area is 160 Å². The molecule has 0 aliphatic rings. The third kappa shape index (κ3) is 5.61. The number of carbonyl (C=O) groups excluding carboxylic acids is 1. The molecule has 0 spiro atoms. The summed E-state index contributed by atoms with van der Waals surface area (Å²) in [6.45, 7) is 2.01. The summed E-state index contributed by atoms with van der Waals surface area (Å²) >= 11 is 1.18. The highest BCUT2D eigenvalue weighted by Gasteiger charge is 2.08. The minimum atomic E-state index is -0.279. The van der Waals surface area contributed by atoms with E-state index in [4.69, 9.17) is 10.5 Å². The van der Waals surface area contributed by atoms with Crippen molar-refractivity contribution in [1.29, 1.82) is 0 Å². The van der Waals surface area contributed by atoms with Gasteiger partial charge >= 0.3 is 0 Å². The number of hydrogen-bond donors (Lipinski definition) is 2. The van der Waals surface area contributed by atoms with Crippen LogP contribution in [0.2, 0.25) is 0 Å². The predicted molar refractivity (Wildman–Crippen MR) is 106 cm³/mol. The minimum absolute atomic E-state index is 0.0422. The fourth-order valence-electron chi connectivity index (χ4n) is 2.32. The van der Waals surface area contributed by atoms with Crippen molar-refractivity contribution >= 4 is 28.6 Å². The van der Waals surface area contributed by atoms with E-state index in [1.54, 1.807) is 6.21 Å². The Hall–Kier alpha value is -3.26. The summed E-state index contributed by atoms with van der Waals surface area (Å²) in [5.41, 5.74) is 9.89. The van der Waals surface area contributed by atoms with Crippen LogP contribution in [-0.4, -0.2) is 22.3 Å². The van der Waals surface area contributed by atoms with E-state index in [2.05, 4.69) is 20.7 Å². The van der Waals surface area contributed by atoms with E-state index in [0.717, 1.165) is 16.9 Å². The maximum Gasteiger partial charge on any atom is 0.247 e. The number of amides is 1. The summed E-state index contributed by atoms with van der Waals surface area (Å²) in [6, 6.07) is 17.5. The molecule has 3 rings (SSSR count). The van der Waals surface area contributed by atoms with Crippen molar-refractivity contribution in [3.05, 3.63) is 70.7 Å². The Morgan fingerprint density at radius 3 is 2.63 bits per heavy atom. The molecule has 0 aliphatic carbocycles. The van der Waals surface area contributed by atoms with Crippen LogP contribution in [0.1, 0.15) is 29.2 Å². The van der Waals surface area contributed by atoms with Gasteiger partial charge in [0.1, 0.15) is 16.9 Å². The van der Waals surface area contributed by atoms with Gasteiger partial charge in [0.2, 0.25) is 11.0 Å². The van der Waals surface area contributed by atoms with Crippen LogP contribution in [0.25, 0.3) is 0 Å². The van der Waals surface area contributed by atoms with Crippen LogP contribution >= 0.6 is 11.3 Å². The van der Waals surface area contributed by atoms with E-state index in [-0.39, 0.29) is 18.4 Å². The van der Waals surface area contributed by atoms with Gasteiger partial charge in [0.05, 0.1) is 12.6 Å². The predicted octanol–water partition coefficient (Wildman–Crippen LogP) is 2.95. The molecule has 2 aromatic carbocycles. The highest BCUT2D eigenvalue weighted by molar-refractivity contribution is 7.15. The molecule has 1 amide bonds. The number of carbonyl (C=O) groups is 1. The van der Waals surface area contributed by atoms with Gasteiger partial charge in [0, 0.05) is 0 Å². The van der Waals surface area contributed by atoms with Crippen LogP contribution in [0.15, 0.2) is 59.7 Å². The number of anilines is 1. The zero-order valence-electron chi connectivity index (χ0n) is 14.7. The van der Waals surface area contributed by atoms with Gasteiger partial charge in [-0.2, -0.15) is 5.10 Å². The van der Waals surface area contributed by atoms with Crippen molar-refractivity contribution in [3.8, 4) is 5.75 Å². The smallest absolute Gasteiger partial charge is 0.247 e. The molecular weight excluding hydrogens is 362 g/mol. The lowest BCUT2D eigenvalue weighted by Gasteiger charge is -2.15. The second kappa shape index (κ2) is 8.91. The van der Waals surface area contributed by atoms with Gasteiger partial charge in [-0.25, -0.2) is 5.43 Å². The maximum atomic E-state index is 11.8. The molecule has 0 fully saturated rings. The summed E-state index contributed by atoms with van der Waals surface area (Å²) in [5, 5.41) is 12.3. The number of nitrogens with zero attached hydrogens (tertiary/aromatic N) is 3. The van der Waals surface area contributed by atoms with Crippen molar-refractivity contribution in [3.63, 3.8) is 0 Å². The number of nitrogens with two attached hydrogens (primary N) is 1. The molecule has 138 valence electrons. The fourth-order valence-corrected chi connectivity index (χ4v) is 2.93. The monoisotopic (exact) mass is 381 g/mol. The normalized spacial score (nSPS) is 12.0. The number of benzene rings is 2. The van der Waals surface area contributed by atoms with E-state index in [1.807, 2.05) is 61.5 Å². The summed E-state index contributed by atoms with van der Waals surface area (Å²) in [6.07, 6.45) is 1.62. The highest BCUT2D eigenvalue weighted by atomic mass is 32.1. The molecule has 0 saturated carbocycles. The molecule has 0 bridgehead atoms. The topological polar surface area (TPSA) is 102 Å². The average molecular weight is 381 g/mol. The first-order valence-electron chi connectivity index (χ1n) is 8.31. The standard InChI is InChI=1S/C19H19N5O2S/c1-13(15-5-3-2-4-6-15)26-16-9-7-14(8-10-16)12-21-22-17(25)11-18-23-24-19(20)27-18/h2-10,12-13H,11H2,1H3,(H2,20,24)(H,22,25). The average Bonchev–Trinajstić information content (AvgIpc) is 3.08.